The van der Waals surface area contributed by atoms with Gasteiger partial charge in [0.05, 0.1) is 6.26 Å². The zero-order chi connectivity index (χ0) is 22.6. The van der Waals surface area contributed by atoms with Crippen LogP contribution in [0.25, 0.3) is 0 Å². The Labute approximate surface area is 188 Å². The second-order valence-electron chi connectivity index (χ2n) is 7.34. The number of fused-ring (bicyclic) bond motifs is 1. The smallest absolute Gasteiger partial charge is 0.262 e. The van der Waals surface area contributed by atoms with Crippen molar-refractivity contribution in [3.05, 3.63) is 51.7 Å². The van der Waals surface area contributed by atoms with Gasteiger partial charge in [0.25, 0.3) is 5.91 Å². The SMILES string of the molecule is CCN(CCCNC(=O)c1sccc1S(=O)(=O)N1CCc2ccccc2C1)S(C)(=O)=O. The molecule has 31 heavy (non-hydrogen) atoms. The average Bonchev–Trinajstić information content (AvgIpc) is 3.23. The molecule has 1 aliphatic rings. The molecule has 0 radical (unpaired) electrons. The fraction of sp³-hybridized carbons (Fsp3) is 0.450. The number of hydrogen-bond donors (Lipinski definition) is 1. The van der Waals surface area contributed by atoms with E-state index in [1.807, 2.05) is 24.3 Å². The largest absolute Gasteiger partial charge is 0.351 e. The minimum Gasteiger partial charge on any atom is -0.351 e. The number of amides is 1. The van der Waals surface area contributed by atoms with E-state index in [4.69, 9.17) is 0 Å². The Morgan fingerprint density at radius 2 is 1.87 bits per heavy atom. The van der Waals surface area contributed by atoms with E-state index in [1.165, 1.54) is 14.7 Å². The highest BCUT2D eigenvalue weighted by Crippen LogP contribution is 2.29. The molecule has 0 fully saturated rings. The van der Waals surface area contributed by atoms with E-state index >= 15 is 0 Å². The summed E-state index contributed by atoms with van der Waals surface area (Å²) in [4.78, 5) is 12.8. The number of carbonyl (C=O) groups excluding carboxylic acids is 1. The Morgan fingerprint density at radius 1 is 1.16 bits per heavy atom. The molecule has 2 heterocycles. The summed E-state index contributed by atoms with van der Waals surface area (Å²) in [6.45, 7) is 3.31. The Bertz CT molecular complexity index is 1140. The predicted octanol–water partition coefficient (Wildman–Crippen LogP) is 1.90. The molecule has 0 unspecified atom stereocenters. The average molecular weight is 486 g/mol. The van der Waals surface area contributed by atoms with Crippen LogP contribution >= 0.6 is 11.3 Å². The Morgan fingerprint density at radius 3 is 2.55 bits per heavy atom. The third-order valence-electron chi connectivity index (χ3n) is 5.24. The number of rotatable bonds is 9. The molecule has 1 aromatic carbocycles. The quantitative estimate of drug-likeness (QED) is 0.547. The Balaban J connectivity index is 1.65. The molecule has 0 atom stereocenters. The van der Waals surface area contributed by atoms with E-state index in [-0.39, 0.29) is 22.9 Å². The highest BCUT2D eigenvalue weighted by atomic mass is 32.2. The van der Waals surface area contributed by atoms with Gasteiger partial charge in [-0.05, 0) is 35.4 Å². The number of nitrogens with zero attached hydrogens (tertiary/aromatic N) is 2. The van der Waals surface area contributed by atoms with Crippen LogP contribution in [0.4, 0.5) is 0 Å². The lowest BCUT2D eigenvalue weighted by Crippen LogP contribution is -2.37. The highest BCUT2D eigenvalue weighted by Gasteiger charge is 2.32. The Hall–Kier alpha value is -1.79. The second-order valence-corrected chi connectivity index (χ2v) is 12.1. The summed E-state index contributed by atoms with van der Waals surface area (Å²) in [7, 11) is -7.09. The number of sulfonamides is 2. The number of hydrogen-bond acceptors (Lipinski definition) is 6. The van der Waals surface area contributed by atoms with E-state index in [2.05, 4.69) is 5.32 Å². The molecule has 8 nitrogen and oxygen atoms in total. The lowest BCUT2D eigenvalue weighted by molar-refractivity contribution is 0.0953. The maximum atomic E-state index is 13.2. The molecule has 1 N–H and O–H groups in total. The van der Waals surface area contributed by atoms with Crippen LogP contribution < -0.4 is 5.32 Å². The fourth-order valence-electron chi connectivity index (χ4n) is 3.58. The van der Waals surface area contributed by atoms with Crippen LogP contribution in [0, 0.1) is 0 Å². The van der Waals surface area contributed by atoms with Crippen molar-refractivity contribution in [2.75, 3.05) is 32.4 Å². The van der Waals surface area contributed by atoms with Gasteiger partial charge in [-0.25, -0.2) is 21.1 Å². The standard InChI is InChI=1S/C20H27N3O5S3/c1-3-22(30(2,25)26)12-6-11-21-20(24)19-18(10-14-29-19)31(27,28)23-13-9-16-7-4-5-8-17(16)15-23/h4-5,7-8,10,14H,3,6,9,11-13,15H2,1-2H3,(H,21,24). The van der Waals surface area contributed by atoms with Crippen LogP contribution in [0.15, 0.2) is 40.6 Å². The lowest BCUT2D eigenvalue weighted by atomic mass is 10.0. The third kappa shape index (κ3) is 5.53. The summed E-state index contributed by atoms with van der Waals surface area (Å²) in [5.74, 6) is -0.464. The molecule has 170 valence electrons. The van der Waals surface area contributed by atoms with Crippen LogP contribution in [0.5, 0.6) is 0 Å². The number of carbonyl (C=O) groups is 1. The summed E-state index contributed by atoms with van der Waals surface area (Å²) in [6, 6.07) is 9.24. The van der Waals surface area contributed by atoms with Crippen molar-refractivity contribution in [1.82, 2.24) is 13.9 Å². The summed E-state index contributed by atoms with van der Waals surface area (Å²) < 4.78 is 52.5. The number of nitrogens with one attached hydrogen (secondary N) is 1. The van der Waals surface area contributed by atoms with Crippen molar-refractivity contribution in [3.63, 3.8) is 0 Å². The van der Waals surface area contributed by atoms with Crippen molar-refractivity contribution in [2.24, 2.45) is 0 Å². The van der Waals surface area contributed by atoms with E-state index < -0.39 is 26.0 Å². The third-order valence-corrected chi connectivity index (χ3v) is 9.55. The van der Waals surface area contributed by atoms with Crippen molar-refractivity contribution in [1.29, 1.82) is 0 Å². The van der Waals surface area contributed by atoms with Gasteiger partial charge in [0.15, 0.2) is 0 Å². The monoisotopic (exact) mass is 485 g/mol. The molecule has 2 aromatic rings. The molecule has 0 saturated heterocycles. The first kappa shape index (κ1) is 23.9. The highest BCUT2D eigenvalue weighted by molar-refractivity contribution is 7.89. The fourth-order valence-corrected chi connectivity index (χ4v) is 7.24. The summed E-state index contributed by atoms with van der Waals surface area (Å²) in [5, 5.41) is 4.31. The first-order chi connectivity index (χ1) is 14.6. The minimum atomic E-state index is -3.81. The molecule has 1 aliphatic heterocycles. The van der Waals surface area contributed by atoms with Gasteiger partial charge in [0.2, 0.25) is 20.0 Å². The minimum absolute atomic E-state index is 0.0145. The Kier molecular flexibility index (Phi) is 7.53. The van der Waals surface area contributed by atoms with E-state index in [9.17, 15) is 21.6 Å². The zero-order valence-corrected chi connectivity index (χ0v) is 20.0. The summed E-state index contributed by atoms with van der Waals surface area (Å²) in [6.07, 6.45) is 2.22. The van der Waals surface area contributed by atoms with Crippen LogP contribution in [0.2, 0.25) is 0 Å². The molecule has 11 heteroatoms. The second kappa shape index (κ2) is 9.78. The van der Waals surface area contributed by atoms with Gasteiger partial charge in [-0.2, -0.15) is 4.31 Å². The normalized spacial score (nSPS) is 15.1. The van der Waals surface area contributed by atoms with Gasteiger partial charge >= 0.3 is 0 Å². The van der Waals surface area contributed by atoms with Gasteiger partial charge in [-0.1, -0.05) is 31.2 Å². The maximum Gasteiger partial charge on any atom is 0.262 e. The van der Waals surface area contributed by atoms with Gasteiger partial charge in [0, 0.05) is 32.7 Å². The molecule has 1 aromatic heterocycles. The van der Waals surface area contributed by atoms with Gasteiger partial charge < -0.3 is 5.32 Å². The molecular formula is C20H27N3O5S3. The first-order valence-corrected chi connectivity index (χ1v) is 14.2. The van der Waals surface area contributed by atoms with Gasteiger partial charge in [-0.15, -0.1) is 11.3 Å². The summed E-state index contributed by atoms with van der Waals surface area (Å²) >= 11 is 1.08. The maximum absolute atomic E-state index is 13.2. The van der Waals surface area contributed by atoms with Crippen LogP contribution in [0.1, 0.15) is 34.1 Å². The van der Waals surface area contributed by atoms with E-state index in [1.54, 1.807) is 12.3 Å². The molecule has 1 amide bonds. The van der Waals surface area contributed by atoms with Gasteiger partial charge in [0.1, 0.15) is 9.77 Å². The van der Waals surface area contributed by atoms with Crippen molar-refractivity contribution in [2.45, 2.75) is 31.2 Å². The number of thiophene rings is 1. The molecule has 0 spiro atoms. The molecule has 0 bridgehead atoms. The first-order valence-electron chi connectivity index (χ1n) is 10.0. The van der Waals surface area contributed by atoms with Gasteiger partial charge in [-0.3, -0.25) is 4.79 Å². The number of benzene rings is 1. The predicted molar refractivity (Wildman–Crippen MR) is 121 cm³/mol. The van der Waals surface area contributed by atoms with Crippen molar-refractivity contribution in [3.8, 4) is 0 Å². The van der Waals surface area contributed by atoms with E-state index in [0.29, 0.717) is 32.5 Å². The van der Waals surface area contributed by atoms with E-state index in [0.717, 1.165) is 28.7 Å². The molecule has 3 rings (SSSR count). The molecule has 0 aliphatic carbocycles. The topological polar surface area (TPSA) is 104 Å². The zero-order valence-electron chi connectivity index (χ0n) is 17.6. The van der Waals surface area contributed by atoms with Crippen molar-refractivity contribution < 1.29 is 21.6 Å². The van der Waals surface area contributed by atoms with Crippen molar-refractivity contribution >= 4 is 37.3 Å². The summed E-state index contributed by atoms with van der Waals surface area (Å²) in [5.41, 5.74) is 2.12. The van der Waals surface area contributed by atoms with Crippen LogP contribution in [-0.2, 0) is 33.0 Å². The van der Waals surface area contributed by atoms with Crippen LogP contribution in [-0.4, -0.2) is 63.8 Å². The lowest BCUT2D eigenvalue weighted by Gasteiger charge is -2.28. The molecule has 0 saturated carbocycles. The molecular weight excluding hydrogens is 458 g/mol. The van der Waals surface area contributed by atoms with Crippen LogP contribution in [0.3, 0.4) is 0 Å².